The highest BCUT2D eigenvalue weighted by atomic mass is 35.5. The van der Waals surface area contributed by atoms with E-state index in [2.05, 4.69) is 36.2 Å². The summed E-state index contributed by atoms with van der Waals surface area (Å²) in [5.41, 5.74) is 2.10. The first kappa shape index (κ1) is 25.5. The van der Waals surface area contributed by atoms with E-state index in [1.807, 2.05) is 6.07 Å². The van der Waals surface area contributed by atoms with E-state index in [0.717, 1.165) is 44.2 Å². The Labute approximate surface area is 219 Å². The van der Waals surface area contributed by atoms with Gasteiger partial charge in [-0.1, -0.05) is 41.9 Å². The van der Waals surface area contributed by atoms with Crippen molar-refractivity contribution in [3.05, 3.63) is 64.7 Å². The van der Waals surface area contributed by atoms with E-state index in [9.17, 15) is 13.2 Å². The Morgan fingerprint density at radius 3 is 2.58 bits per heavy atom. The van der Waals surface area contributed by atoms with Crippen LogP contribution in [0.5, 0.6) is 0 Å². The minimum atomic E-state index is -3.62. The normalized spacial score (nSPS) is 23.9. The fourth-order valence-electron chi connectivity index (χ4n) is 5.88. The lowest BCUT2D eigenvalue weighted by molar-refractivity contribution is 0.0515. The number of carbonyl (C=O) groups excluding carboxylic acids is 1. The summed E-state index contributed by atoms with van der Waals surface area (Å²) in [6.07, 6.45) is 4.79. The molecular weight excluding hydrogens is 498 g/mol. The minimum absolute atomic E-state index is 0.0766. The van der Waals surface area contributed by atoms with E-state index in [0.29, 0.717) is 35.5 Å². The van der Waals surface area contributed by atoms with Crippen LogP contribution in [-0.2, 0) is 21.2 Å². The molecule has 0 N–H and O–H groups in total. The van der Waals surface area contributed by atoms with Gasteiger partial charge in [-0.25, -0.2) is 13.2 Å². The summed E-state index contributed by atoms with van der Waals surface area (Å²) in [6, 6.07) is 15.3. The van der Waals surface area contributed by atoms with Gasteiger partial charge in [0.2, 0.25) is 10.0 Å². The van der Waals surface area contributed by atoms with Gasteiger partial charge >= 0.3 is 6.09 Å². The first-order chi connectivity index (χ1) is 17.3. The molecule has 0 radical (unpaired) electrons. The third-order valence-corrected chi connectivity index (χ3v) is 10.2. The van der Waals surface area contributed by atoms with Gasteiger partial charge in [0, 0.05) is 30.7 Å². The molecule has 3 heterocycles. The van der Waals surface area contributed by atoms with E-state index in [4.69, 9.17) is 16.3 Å². The van der Waals surface area contributed by atoms with Gasteiger partial charge in [-0.15, -0.1) is 0 Å². The summed E-state index contributed by atoms with van der Waals surface area (Å²) in [5.74, 6) is 0. The Morgan fingerprint density at radius 1 is 1.08 bits per heavy atom. The number of likely N-dealkylation sites (tertiary alicyclic amines) is 1. The zero-order chi connectivity index (χ0) is 25.3. The summed E-state index contributed by atoms with van der Waals surface area (Å²) in [7, 11) is -1.47. The molecule has 5 rings (SSSR count). The monoisotopic (exact) mass is 531 g/mol. The third kappa shape index (κ3) is 5.14. The van der Waals surface area contributed by atoms with Crippen LogP contribution >= 0.6 is 11.6 Å². The van der Waals surface area contributed by atoms with Gasteiger partial charge in [0.1, 0.15) is 6.61 Å². The molecule has 194 valence electrons. The standard InChI is InChI=1S/C27H34ClN3O4S/c1-29(15-12-20-6-3-2-4-7-20)22-13-16-30(17-14-22)27(32)35-19-23-8-5-9-25-24-18-21(28)10-11-26(24)36(33,34)31(23)25/h2-4,6-7,10-11,18,22-23,25H,5,8-9,12-17,19H2,1H3/t23-,25+/m1/s1. The van der Waals surface area contributed by atoms with Crippen LogP contribution < -0.4 is 0 Å². The van der Waals surface area contributed by atoms with Gasteiger partial charge in [-0.2, -0.15) is 4.31 Å². The number of hydrogen-bond donors (Lipinski definition) is 0. The second-order valence-corrected chi connectivity index (χ2v) is 12.4. The van der Waals surface area contributed by atoms with E-state index in [1.54, 1.807) is 27.4 Å². The number of benzene rings is 2. The number of hydrogen-bond acceptors (Lipinski definition) is 5. The number of carbonyl (C=O) groups is 1. The molecular formula is C27H34ClN3O4S. The second kappa shape index (κ2) is 10.7. The molecule has 2 aromatic carbocycles. The number of amides is 1. The van der Waals surface area contributed by atoms with Gasteiger partial charge in [0.15, 0.2) is 0 Å². The van der Waals surface area contributed by atoms with Crippen molar-refractivity contribution in [1.82, 2.24) is 14.1 Å². The maximum Gasteiger partial charge on any atom is 0.409 e. The van der Waals surface area contributed by atoms with Gasteiger partial charge in [-0.3, -0.25) is 0 Å². The molecule has 0 aromatic heterocycles. The SMILES string of the molecule is CN(CCc1ccccc1)C1CCN(C(=O)OC[C@H]2CCC[C@H]3c4cc(Cl)ccc4S(=O)(=O)N23)CC1. The predicted molar refractivity (Wildman–Crippen MR) is 140 cm³/mol. The Morgan fingerprint density at radius 2 is 1.83 bits per heavy atom. The van der Waals surface area contributed by atoms with E-state index < -0.39 is 10.0 Å². The maximum atomic E-state index is 13.3. The van der Waals surface area contributed by atoms with Gasteiger partial charge in [0.25, 0.3) is 0 Å². The van der Waals surface area contributed by atoms with Crippen LogP contribution in [0.3, 0.4) is 0 Å². The van der Waals surface area contributed by atoms with Gasteiger partial charge in [0.05, 0.1) is 17.0 Å². The largest absolute Gasteiger partial charge is 0.448 e. The number of ether oxygens (including phenoxy) is 1. The minimum Gasteiger partial charge on any atom is -0.448 e. The van der Waals surface area contributed by atoms with Crippen molar-refractivity contribution in [2.45, 2.75) is 61.5 Å². The lowest BCUT2D eigenvalue weighted by atomic mass is 9.94. The molecule has 0 aliphatic carbocycles. The summed E-state index contributed by atoms with van der Waals surface area (Å²) in [6.45, 7) is 2.36. The highest BCUT2D eigenvalue weighted by molar-refractivity contribution is 7.89. The Hall–Kier alpha value is -2.13. The lowest BCUT2D eigenvalue weighted by Gasteiger charge is -2.38. The molecule has 0 saturated carbocycles. The van der Waals surface area contributed by atoms with Gasteiger partial charge < -0.3 is 14.5 Å². The van der Waals surface area contributed by atoms with Crippen molar-refractivity contribution >= 4 is 27.7 Å². The number of fused-ring (bicyclic) bond motifs is 3. The van der Waals surface area contributed by atoms with Crippen LogP contribution in [0.15, 0.2) is 53.4 Å². The molecule has 9 heteroatoms. The van der Waals surface area contributed by atoms with E-state index >= 15 is 0 Å². The van der Waals surface area contributed by atoms with E-state index in [1.165, 1.54) is 5.56 Å². The Kier molecular flexibility index (Phi) is 7.58. The van der Waals surface area contributed by atoms with Crippen LogP contribution in [0.25, 0.3) is 0 Å². The molecule has 36 heavy (non-hydrogen) atoms. The van der Waals surface area contributed by atoms with Crippen LogP contribution in [0.4, 0.5) is 4.79 Å². The molecule has 2 atom stereocenters. The first-order valence-electron chi connectivity index (χ1n) is 12.8. The molecule has 3 aliphatic rings. The number of likely N-dealkylation sites (N-methyl/N-ethyl adjacent to an activating group) is 1. The Bertz CT molecular complexity index is 1180. The molecule has 1 amide bonds. The first-order valence-corrected chi connectivity index (χ1v) is 14.7. The zero-order valence-electron chi connectivity index (χ0n) is 20.7. The summed E-state index contributed by atoms with van der Waals surface area (Å²) >= 11 is 6.16. The quantitative estimate of drug-likeness (QED) is 0.540. The average Bonchev–Trinajstić information content (AvgIpc) is 3.13. The van der Waals surface area contributed by atoms with Crippen LogP contribution in [-0.4, -0.2) is 74.0 Å². The fraction of sp³-hybridized carbons (Fsp3) is 0.519. The van der Waals surface area contributed by atoms with Crippen LogP contribution in [0.2, 0.25) is 5.02 Å². The molecule has 7 nitrogen and oxygen atoms in total. The van der Waals surface area contributed by atoms with Gasteiger partial charge in [-0.05, 0) is 74.9 Å². The summed E-state index contributed by atoms with van der Waals surface area (Å²) < 4.78 is 33.8. The smallest absolute Gasteiger partial charge is 0.409 e. The lowest BCUT2D eigenvalue weighted by Crippen LogP contribution is -2.48. The number of halogens is 1. The number of rotatable bonds is 6. The molecule has 2 aromatic rings. The predicted octanol–water partition coefficient (Wildman–Crippen LogP) is 4.71. The van der Waals surface area contributed by atoms with Crippen molar-refractivity contribution in [2.24, 2.45) is 0 Å². The number of piperidine rings is 2. The van der Waals surface area contributed by atoms with E-state index in [-0.39, 0.29) is 24.8 Å². The van der Waals surface area contributed by atoms with Crippen LogP contribution in [0, 0.1) is 0 Å². The third-order valence-electron chi connectivity index (χ3n) is 7.91. The molecule has 0 spiro atoms. The second-order valence-electron chi connectivity index (χ2n) is 10.1. The topological polar surface area (TPSA) is 70.2 Å². The fourth-order valence-corrected chi connectivity index (χ4v) is 8.13. The highest BCUT2D eigenvalue weighted by Gasteiger charge is 2.48. The average molecular weight is 532 g/mol. The molecule has 3 aliphatic heterocycles. The van der Waals surface area contributed by atoms with Crippen LogP contribution in [0.1, 0.15) is 49.3 Å². The molecule has 0 unspecified atom stereocenters. The van der Waals surface area contributed by atoms with Crippen molar-refractivity contribution in [3.63, 3.8) is 0 Å². The molecule has 2 saturated heterocycles. The maximum absolute atomic E-state index is 13.3. The molecule has 0 bridgehead atoms. The highest BCUT2D eigenvalue weighted by Crippen LogP contribution is 2.47. The number of sulfonamides is 1. The molecule has 2 fully saturated rings. The van der Waals surface area contributed by atoms with Crippen molar-refractivity contribution in [2.75, 3.05) is 33.3 Å². The van der Waals surface area contributed by atoms with Crippen molar-refractivity contribution in [3.8, 4) is 0 Å². The Balaban J connectivity index is 1.12. The zero-order valence-corrected chi connectivity index (χ0v) is 22.3. The summed E-state index contributed by atoms with van der Waals surface area (Å²) in [5, 5.41) is 0.536. The van der Waals surface area contributed by atoms with Crippen molar-refractivity contribution in [1.29, 1.82) is 0 Å². The number of nitrogens with zero attached hydrogens (tertiary/aromatic N) is 3. The van der Waals surface area contributed by atoms with Crippen molar-refractivity contribution < 1.29 is 17.9 Å². The summed E-state index contributed by atoms with van der Waals surface area (Å²) in [4.78, 5) is 17.3.